The zero-order chi connectivity index (χ0) is 17.0. The van der Waals surface area contributed by atoms with E-state index in [1.165, 1.54) is 12.5 Å². The first-order chi connectivity index (χ1) is 11.6. The van der Waals surface area contributed by atoms with Crippen LogP contribution in [0.25, 0.3) is 0 Å². The third-order valence-corrected chi connectivity index (χ3v) is 5.20. The number of nitrogens with zero attached hydrogens (tertiary/aromatic N) is 2. The van der Waals surface area contributed by atoms with Gasteiger partial charge in [-0.2, -0.15) is 5.26 Å². The van der Waals surface area contributed by atoms with Crippen LogP contribution in [-0.2, 0) is 4.79 Å². The average Bonchev–Trinajstić information content (AvgIpc) is 3.16. The molecular weight excluding hydrogens is 306 g/mol. The van der Waals surface area contributed by atoms with Gasteiger partial charge in [0.05, 0.1) is 17.9 Å². The molecular formula is C18H23N3O3. The Kier molecular flexibility index (Phi) is 4.89. The van der Waals surface area contributed by atoms with Gasteiger partial charge in [-0.25, -0.2) is 0 Å². The fraction of sp³-hybridized carbons (Fsp3) is 0.611. The molecule has 0 bridgehead atoms. The van der Waals surface area contributed by atoms with Gasteiger partial charge >= 0.3 is 0 Å². The standard InChI is InChI=1S/C18H23N3O3/c19-13-18(7-2-1-3-8-18)20-16(22)14-4-9-21(10-5-14)17(23)15-6-11-24-12-15/h6,11-12,14H,1-5,7-10H2,(H,20,22). The van der Waals surface area contributed by atoms with E-state index in [-0.39, 0.29) is 17.7 Å². The van der Waals surface area contributed by atoms with Gasteiger partial charge in [0.2, 0.25) is 5.91 Å². The fourth-order valence-electron chi connectivity index (χ4n) is 3.67. The molecule has 6 nitrogen and oxygen atoms in total. The zero-order valence-corrected chi connectivity index (χ0v) is 13.8. The van der Waals surface area contributed by atoms with Gasteiger partial charge in [-0.15, -0.1) is 0 Å². The molecule has 1 aliphatic heterocycles. The van der Waals surface area contributed by atoms with Gasteiger partial charge in [0.25, 0.3) is 5.91 Å². The second-order valence-electron chi connectivity index (χ2n) is 6.82. The Balaban J connectivity index is 1.53. The minimum Gasteiger partial charge on any atom is -0.472 e. The first-order valence-corrected chi connectivity index (χ1v) is 8.68. The van der Waals surface area contributed by atoms with E-state index in [1.807, 2.05) is 0 Å². The lowest BCUT2D eigenvalue weighted by atomic mass is 9.82. The number of hydrogen-bond donors (Lipinski definition) is 1. The average molecular weight is 329 g/mol. The molecule has 128 valence electrons. The summed E-state index contributed by atoms with van der Waals surface area (Å²) in [6, 6.07) is 3.98. The van der Waals surface area contributed by atoms with Crippen molar-refractivity contribution in [1.29, 1.82) is 5.26 Å². The molecule has 1 saturated carbocycles. The number of nitriles is 1. The van der Waals surface area contributed by atoms with Crippen LogP contribution in [0, 0.1) is 17.2 Å². The summed E-state index contributed by atoms with van der Waals surface area (Å²) in [5.41, 5.74) is -0.137. The number of likely N-dealkylation sites (tertiary alicyclic amines) is 1. The van der Waals surface area contributed by atoms with Crippen molar-refractivity contribution in [3.05, 3.63) is 24.2 Å². The molecule has 2 fully saturated rings. The third-order valence-electron chi connectivity index (χ3n) is 5.20. The summed E-state index contributed by atoms with van der Waals surface area (Å²) in [7, 11) is 0. The maximum absolute atomic E-state index is 12.6. The van der Waals surface area contributed by atoms with E-state index >= 15 is 0 Å². The molecule has 0 unspecified atom stereocenters. The Morgan fingerprint density at radius 2 is 1.96 bits per heavy atom. The van der Waals surface area contributed by atoms with Gasteiger partial charge in [0, 0.05) is 19.0 Å². The quantitative estimate of drug-likeness (QED) is 0.923. The topological polar surface area (TPSA) is 86.3 Å². The molecule has 2 amide bonds. The highest BCUT2D eigenvalue weighted by molar-refractivity contribution is 5.94. The number of furan rings is 1. The highest BCUT2D eigenvalue weighted by Gasteiger charge is 2.36. The summed E-state index contributed by atoms with van der Waals surface area (Å²) in [4.78, 5) is 26.6. The molecule has 24 heavy (non-hydrogen) atoms. The minimum atomic E-state index is -0.681. The van der Waals surface area contributed by atoms with Crippen molar-refractivity contribution in [2.45, 2.75) is 50.5 Å². The first-order valence-electron chi connectivity index (χ1n) is 8.68. The second kappa shape index (κ2) is 7.08. The molecule has 1 aliphatic carbocycles. The number of amides is 2. The maximum Gasteiger partial charge on any atom is 0.257 e. The van der Waals surface area contributed by atoms with E-state index in [4.69, 9.17) is 4.42 Å². The van der Waals surface area contributed by atoms with Gasteiger partial charge in [-0.05, 0) is 31.7 Å². The summed E-state index contributed by atoms with van der Waals surface area (Å²) < 4.78 is 4.95. The van der Waals surface area contributed by atoms with Gasteiger partial charge < -0.3 is 14.6 Å². The molecule has 1 saturated heterocycles. The van der Waals surface area contributed by atoms with Crippen LogP contribution >= 0.6 is 0 Å². The van der Waals surface area contributed by atoms with E-state index in [9.17, 15) is 14.9 Å². The molecule has 0 aromatic carbocycles. The van der Waals surface area contributed by atoms with Crippen LogP contribution in [0.2, 0.25) is 0 Å². The molecule has 2 heterocycles. The third kappa shape index (κ3) is 3.45. The van der Waals surface area contributed by atoms with E-state index in [2.05, 4.69) is 11.4 Å². The number of piperidine rings is 1. The zero-order valence-electron chi connectivity index (χ0n) is 13.8. The van der Waals surface area contributed by atoms with E-state index < -0.39 is 5.54 Å². The monoisotopic (exact) mass is 329 g/mol. The predicted molar refractivity (Wildman–Crippen MR) is 86.9 cm³/mol. The lowest BCUT2D eigenvalue weighted by Crippen LogP contribution is -2.52. The molecule has 1 aromatic rings. The molecule has 3 rings (SSSR count). The summed E-state index contributed by atoms with van der Waals surface area (Å²) in [5.74, 6) is -0.206. The molecule has 1 aromatic heterocycles. The molecule has 6 heteroatoms. The van der Waals surface area contributed by atoms with Crippen LogP contribution < -0.4 is 5.32 Å². The maximum atomic E-state index is 12.6. The molecule has 2 aliphatic rings. The minimum absolute atomic E-state index is 0.0335. The van der Waals surface area contributed by atoms with Gasteiger partial charge in [-0.1, -0.05) is 19.3 Å². The highest BCUT2D eigenvalue weighted by Crippen LogP contribution is 2.29. The summed E-state index contributed by atoms with van der Waals surface area (Å²) >= 11 is 0. The van der Waals surface area contributed by atoms with Gasteiger partial charge in [0.15, 0.2) is 0 Å². The van der Waals surface area contributed by atoms with Crippen molar-refractivity contribution in [1.82, 2.24) is 10.2 Å². The Morgan fingerprint density at radius 3 is 2.54 bits per heavy atom. The lowest BCUT2D eigenvalue weighted by Gasteiger charge is -2.35. The second-order valence-corrected chi connectivity index (χ2v) is 6.82. The summed E-state index contributed by atoms with van der Waals surface area (Å²) in [6.07, 6.45) is 8.80. The molecule has 1 N–H and O–H groups in total. The Labute approximate surface area is 141 Å². The molecule has 0 spiro atoms. The smallest absolute Gasteiger partial charge is 0.257 e. The molecule has 0 atom stereocenters. The van der Waals surface area contributed by atoms with Crippen LogP contribution in [0.15, 0.2) is 23.0 Å². The largest absolute Gasteiger partial charge is 0.472 e. The number of rotatable bonds is 3. The van der Waals surface area contributed by atoms with Gasteiger partial charge in [-0.3, -0.25) is 9.59 Å². The molecule has 0 radical (unpaired) electrons. The number of nitrogens with one attached hydrogen (secondary N) is 1. The highest BCUT2D eigenvalue weighted by atomic mass is 16.3. The van der Waals surface area contributed by atoms with Crippen molar-refractivity contribution < 1.29 is 14.0 Å². The Bertz CT molecular complexity index is 618. The Hall–Kier alpha value is -2.29. The summed E-state index contributed by atoms with van der Waals surface area (Å²) in [6.45, 7) is 1.11. The van der Waals surface area contributed by atoms with Crippen LogP contribution in [0.1, 0.15) is 55.3 Å². The predicted octanol–water partition coefficient (Wildman–Crippen LogP) is 2.47. The number of carbonyl (C=O) groups excluding carboxylic acids is 2. The van der Waals surface area contributed by atoms with Crippen molar-refractivity contribution in [2.75, 3.05) is 13.1 Å². The number of carbonyl (C=O) groups is 2. The van der Waals surface area contributed by atoms with Crippen molar-refractivity contribution in [2.24, 2.45) is 5.92 Å². The van der Waals surface area contributed by atoms with Crippen LogP contribution in [0.5, 0.6) is 0 Å². The van der Waals surface area contributed by atoms with Crippen molar-refractivity contribution in [3.8, 4) is 6.07 Å². The SMILES string of the molecule is N#CC1(NC(=O)C2CCN(C(=O)c3ccoc3)CC2)CCCCC1. The van der Waals surface area contributed by atoms with E-state index in [0.717, 1.165) is 32.1 Å². The van der Waals surface area contributed by atoms with Crippen LogP contribution in [0.4, 0.5) is 0 Å². The van der Waals surface area contributed by atoms with E-state index in [1.54, 1.807) is 11.0 Å². The number of hydrogen-bond acceptors (Lipinski definition) is 4. The Morgan fingerprint density at radius 1 is 1.25 bits per heavy atom. The summed E-state index contributed by atoms with van der Waals surface area (Å²) in [5, 5.41) is 12.5. The van der Waals surface area contributed by atoms with Crippen molar-refractivity contribution >= 4 is 11.8 Å². The first kappa shape index (κ1) is 16.6. The lowest BCUT2D eigenvalue weighted by molar-refractivity contribution is -0.128. The van der Waals surface area contributed by atoms with Crippen LogP contribution in [0.3, 0.4) is 0 Å². The van der Waals surface area contributed by atoms with Gasteiger partial charge in [0.1, 0.15) is 11.8 Å². The fourth-order valence-corrected chi connectivity index (χ4v) is 3.67. The van der Waals surface area contributed by atoms with Crippen LogP contribution in [-0.4, -0.2) is 35.3 Å². The normalized spacial score (nSPS) is 21.0. The van der Waals surface area contributed by atoms with Crippen molar-refractivity contribution in [3.63, 3.8) is 0 Å². The van der Waals surface area contributed by atoms with E-state index in [0.29, 0.717) is 31.5 Å².